The van der Waals surface area contributed by atoms with E-state index in [0.29, 0.717) is 12.0 Å². The smallest absolute Gasteiger partial charge is 0.0345 e. The van der Waals surface area contributed by atoms with Gasteiger partial charge in [-0.15, -0.1) is 0 Å². The summed E-state index contributed by atoms with van der Waals surface area (Å²) in [5.74, 6) is 0.563. The minimum Gasteiger partial charge on any atom is -0.330 e. The third kappa shape index (κ3) is 4.14. The van der Waals surface area contributed by atoms with E-state index in [1.165, 1.54) is 11.1 Å². The molecule has 0 aliphatic rings. The summed E-state index contributed by atoms with van der Waals surface area (Å²) in [4.78, 5) is 2.28. The number of nitrogens with zero attached hydrogens (tertiary/aromatic N) is 1. The normalized spacial score (nSPS) is 14.9. The van der Waals surface area contributed by atoms with Crippen molar-refractivity contribution in [2.24, 2.45) is 11.7 Å². The summed E-state index contributed by atoms with van der Waals surface area (Å²) in [6.45, 7) is 5.17. The van der Waals surface area contributed by atoms with Gasteiger partial charge in [0.25, 0.3) is 0 Å². The Morgan fingerprint density at radius 1 is 1.18 bits per heavy atom. The van der Waals surface area contributed by atoms with Crippen LogP contribution in [-0.4, -0.2) is 25.5 Å². The van der Waals surface area contributed by atoms with E-state index < -0.39 is 0 Å². The van der Waals surface area contributed by atoms with Crippen LogP contribution in [0.4, 0.5) is 0 Å². The van der Waals surface area contributed by atoms with Crippen molar-refractivity contribution >= 4 is 0 Å². The van der Waals surface area contributed by atoms with Crippen molar-refractivity contribution in [3.63, 3.8) is 0 Å². The van der Waals surface area contributed by atoms with Crippen LogP contribution in [0.15, 0.2) is 24.3 Å². The summed E-state index contributed by atoms with van der Waals surface area (Å²) in [7, 11) is 4.28. The van der Waals surface area contributed by atoms with E-state index in [1.807, 2.05) is 0 Å². The molecule has 1 aromatic rings. The van der Waals surface area contributed by atoms with Crippen molar-refractivity contribution in [2.75, 3.05) is 20.6 Å². The first-order valence-electron chi connectivity index (χ1n) is 6.53. The molecular weight excluding hydrogens is 208 g/mol. The van der Waals surface area contributed by atoms with Crippen LogP contribution in [0, 0.1) is 5.92 Å². The van der Waals surface area contributed by atoms with Gasteiger partial charge in [-0.05, 0) is 50.5 Å². The summed E-state index contributed by atoms with van der Waals surface area (Å²) < 4.78 is 0. The second kappa shape index (κ2) is 6.77. The van der Waals surface area contributed by atoms with Gasteiger partial charge in [0.15, 0.2) is 0 Å². The lowest BCUT2D eigenvalue weighted by molar-refractivity contribution is 0.255. The van der Waals surface area contributed by atoms with Crippen molar-refractivity contribution in [1.82, 2.24) is 4.90 Å². The molecule has 96 valence electrons. The molecule has 0 saturated carbocycles. The quantitative estimate of drug-likeness (QED) is 0.820. The number of aryl methyl sites for hydroxylation is 1. The fraction of sp³-hybridized carbons (Fsp3) is 0.600. The third-order valence-corrected chi connectivity index (χ3v) is 3.42. The van der Waals surface area contributed by atoms with Crippen LogP contribution in [0.2, 0.25) is 0 Å². The molecule has 0 spiro atoms. The van der Waals surface area contributed by atoms with Crippen LogP contribution in [-0.2, 0) is 6.42 Å². The largest absolute Gasteiger partial charge is 0.330 e. The molecule has 0 fully saturated rings. The van der Waals surface area contributed by atoms with Crippen molar-refractivity contribution in [3.8, 4) is 0 Å². The van der Waals surface area contributed by atoms with Gasteiger partial charge >= 0.3 is 0 Å². The minimum atomic E-state index is 0.472. The average Bonchev–Trinajstić information content (AvgIpc) is 2.35. The second-order valence-corrected chi connectivity index (χ2v) is 5.15. The van der Waals surface area contributed by atoms with Crippen molar-refractivity contribution in [2.45, 2.75) is 32.7 Å². The van der Waals surface area contributed by atoms with Gasteiger partial charge in [0.2, 0.25) is 0 Å². The van der Waals surface area contributed by atoms with Gasteiger partial charge in [0, 0.05) is 6.04 Å². The topological polar surface area (TPSA) is 29.3 Å². The van der Waals surface area contributed by atoms with E-state index in [0.717, 1.165) is 19.4 Å². The number of rotatable bonds is 6. The Labute approximate surface area is 106 Å². The van der Waals surface area contributed by atoms with Crippen LogP contribution in [0.5, 0.6) is 0 Å². The van der Waals surface area contributed by atoms with Crippen LogP contribution < -0.4 is 5.73 Å². The first-order valence-corrected chi connectivity index (χ1v) is 6.53. The summed E-state index contributed by atoms with van der Waals surface area (Å²) in [5, 5.41) is 0. The molecule has 0 aliphatic carbocycles. The predicted molar refractivity (Wildman–Crippen MR) is 75.1 cm³/mol. The molecule has 0 amide bonds. The van der Waals surface area contributed by atoms with E-state index in [2.05, 4.69) is 57.1 Å². The molecule has 0 bridgehead atoms. The third-order valence-electron chi connectivity index (χ3n) is 3.42. The first kappa shape index (κ1) is 14.2. The van der Waals surface area contributed by atoms with Gasteiger partial charge in [-0.1, -0.05) is 38.1 Å². The summed E-state index contributed by atoms with van der Waals surface area (Å²) in [5.41, 5.74) is 8.52. The number of hydrogen-bond acceptors (Lipinski definition) is 2. The lowest BCUT2D eigenvalue weighted by Gasteiger charge is -2.27. The molecule has 0 aliphatic heterocycles. The monoisotopic (exact) mass is 234 g/mol. The maximum Gasteiger partial charge on any atom is 0.0345 e. The molecule has 2 nitrogen and oxygen atoms in total. The fourth-order valence-electron chi connectivity index (χ4n) is 2.10. The second-order valence-electron chi connectivity index (χ2n) is 5.15. The fourth-order valence-corrected chi connectivity index (χ4v) is 2.10. The van der Waals surface area contributed by atoms with E-state index >= 15 is 0 Å². The molecule has 2 N–H and O–H groups in total. The zero-order chi connectivity index (χ0) is 12.8. The highest BCUT2D eigenvalue weighted by molar-refractivity contribution is 5.25. The summed E-state index contributed by atoms with van der Waals surface area (Å²) in [6.07, 6.45) is 2.22. The lowest BCUT2D eigenvalue weighted by atomic mass is 9.94. The van der Waals surface area contributed by atoms with E-state index in [9.17, 15) is 0 Å². The molecule has 17 heavy (non-hydrogen) atoms. The minimum absolute atomic E-state index is 0.472. The molecule has 1 aromatic carbocycles. The van der Waals surface area contributed by atoms with Gasteiger partial charge in [-0.2, -0.15) is 0 Å². The van der Waals surface area contributed by atoms with E-state index in [1.54, 1.807) is 0 Å². The Morgan fingerprint density at radius 3 is 2.18 bits per heavy atom. The molecule has 0 saturated heterocycles. The Balaban J connectivity index is 2.81. The average molecular weight is 234 g/mol. The molecular formula is C15H26N2. The van der Waals surface area contributed by atoms with E-state index in [-0.39, 0.29) is 0 Å². The number of nitrogens with two attached hydrogens (primary N) is 1. The Hall–Kier alpha value is -0.860. The van der Waals surface area contributed by atoms with Crippen molar-refractivity contribution < 1.29 is 0 Å². The van der Waals surface area contributed by atoms with Crippen molar-refractivity contribution in [3.05, 3.63) is 35.4 Å². The molecule has 2 heteroatoms. The molecule has 0 radical (unpaired) electrons. The van der Waals surface area contributed by atoms with Gasteiger partial charge in [-0.3, -0.25) is 0 Å². The van der Waals surface area contributed by atoms with Gasteiger partial charge < -0.3 is 10.6 Å². The van der Waals surface area contributed by atoms with Crippen LogP contribution in [0.25, 0.3) is 0 Å². The van der Waals surface area contributed by atoms with Crippen LogP contribution >= 0.6 is 0 Å². The van der Waals surface area contributed by atoms with Crippen LogP contribution in [0.3, 0.4) is 0 Å². The molecule has 2 unspecified atom stereocenters. The predicted octanol–water partition coefficient (Wildman–Crippen LogP) is 2.84. The summed E-state index contributed by atoms with van der Waals surface area (Å²) in [6, 6.07) is 9.46. The van der Waals surface area contributed by atoms with Crippen molar-refractivity contribution in [1.29, 1.82) is 0 Å². The van der Waals surface area contributed by atoms with E-state index in [4.69, 9.17) is 5.73 Å². The maximum absolute atomic E-state index is 5.73. The highest BCUT2D eigenvalue weighted by Crippen LogP contribution is 2.25. The van der Waals surface area contributed by atoms with Gasteiger partial charge in [0.1, 0.15) is 0 Å². The Kier molecular flexibility index (Phi) is 5.66. The molecule has 0 heterocycles. The highest BCUT2D eigenvalue weighted by atomic mass is 15.1. The number of benzene rings is 1. The van der Waals surface area contributed by atoms with Gasteiger partial charge in [0.05, 0.1) is 0 Å². The van der Waals surface area contributed by atoms with Gasteiger partial charge in [-0.25, -0.2) is 0 Å². The zero-order valence-electron chi connectivity index (χ0n) is 11.6. The number of hydrogen-bond donors (Lipinski definition) is 1. The first-order chi connectivity index (χ1) is 8.08. The summed E-state index contributed by atoms with van der Waals surface area (Å²) >= 11 is 0. The molecule has 1 rings (SSSR count). The lowest BCUT2D eigenvalue weighted by Crippen LogP contribution is -2.24. The Bertz CT molecular complexity index is 316. The highest BCUT2D eigenvalue weighted by Gasteiger charge is 2.16. The maximum atomic E-state index is 5.73. The molecule has 0 aromatic heterocycles. The SMILES string of the molecule is CCc1ccc(C(CC(C)CN)N(C)C)cc1. The molecule has 2 atom stereocenters. The Morgan fingerprint density at radius 2 is 1.76 bits per heavy atom. The van der Waals surface area contributed by atoms with Crippen LogP contribution in [0.1, 0.15) is 37.4 Å². The zero-order valence-corrected chi connectivity index (χ0v) is 11.6. The standard InChI is InChI=1S/C15H26N2/c1-5-13-6-8-14(9-7-13)15(17(3)4)10-12(2)11-16/h6-9,12,15H,5,10-11,16H2,1-4H3.